The number of carbonyl (C=O) groups excluding carboxylic acids is 2. The lowest BCUT2D eigenvalue weighted by molar-refractivity contribution is -0.138. The third-order valence-electron chi connectivity index (χ3n) is 6.95. The predicted molar refractivity (Wildman–Crippen MR) is 135 cm³/mol. The summed E-state index contributed by atoms with van der Waals surface area (Å²) in [6.07, 6.45) is 1.56. The predicted octanol–water partition coefficient (Wildman–Crippen LogP) is 3.77. The standard InChI is InChI=1S/C26H29F3N4O4S/c1-32(19-9-5-6-10-19)38(36,37)20-11-12-23(30-16-20)33-14-13-21(25(33)35)22(18-7-3-2-4-8-18)15-24(34)31-17-26(27,28)29/h2-4,7-8,11-13,16,19,22H,5-6,9-10,14-15,17H2,1H3,(H,31,34). The first-order valence-electron chi connectivity index (χ1n) is 12.3. The SMILES string of the molecule is CN(C1CCCC1)S(=O)(=O)c1ccc(N2CC=C(C(CC(=O)NCC(F)(F)F)c3ccccc3)C2=O)nc1. The number of amides is 2. The van der Waals surface area contributed by atoms with E-state index in [9.17, 15) is 31.2 Å². The Labute approximate surface area is 219 Å². The largest absolute Gasteiger partial charge is 0.405 e. The van der Waals surface area contributed by atoms with Crippen molar-refractivity contribution in [2.45, 2.75) is 55.1 Å². The fraction of sp³-hybridized carbons (Fsp3) is 0.423. The van der Waals surface area contributed by atoms with Gasteiger partial charge in [0.1, 0.15) is 17.3 Å². The van der Waals surface area contributed by atoms with Crippen LogP contribution in [0.3, 0.4) is 0 Å². The number of sulfonamides is 1. The van der Waals surface area contributed by atoms with Gasteiger partial charge in [-0.15, -0.1) is 0 Å². The fourth-order valence-electron chi connectivity index (χ4n) is 4.87. The van der Waals surface area contributed by atoms with Crippen molar-refractivity contribution in [1.29, 1.82) is 0 Å². The van der Waals surface area contributed by atoms with E-state index < -0.39 is 40.5 Å². The normalized spacial score (nSPS) is 17.7. The van der Waals surface area contributed by atoms with Crippen molar-refractivity contribution in [1.82, 2.24) is 14.6 Å². The van der Waals surface area contributed by atoms with Crippen molar-refractivity contribution in [2.75, 3.05) is 25.0 Å². The van der Waals surface area contributed by atoms with E-state index in [0.717, 1.165) is 25.7 Å². The van der Waals surface area contributed by atoms with Crippen LogP contribution in [-0.2, 0) is 19.6 Å². The van der Waals surface area contributed by atoms with Gasteiger partial charge in [0.15, 0.2) is 0 Å². The number of carbonyl (C=O) groups is 2. The van der Waals surface area contributed by atoms with Gasteiger partial charge in [0.05, 0.1) is 0 Å². The molecule has 0 saturated heterocycles. The number of aromatic nitrogens is 1. The number of halogens is 3. The van der Waals surface area contributed by atoms with Crippen molar-refractivity contribution in [3.8, 4) is 0 Å². The lowest BCUT2D eigenvalue weighted by atomic mass is 9.88. The van der Waals surface area contributed by atoms with Crippen LogP contribution in [0.25, 0.3) is 0 Å². The van der Waals surface area contributed by atoms with E-state index in [4.69, 9.17) is 0 Å². The summed E-state index contributed by atoms with van der Waals surface area (Å²) in [5, 5.41) is 1.86. The molecule has 12 heteroatoms. The van der Waals surface area contributed by atoms with E-state index >= 15 is 0 Å². The van der Waals surface area contributed by atoms with E-state index in [1.54, 1.807) is 43.5 Å². The van der Waals surface area contributed by atoms with E-state index in [-0.39, 0.29) is 35.3 Å². The second-order valence-corrected chi connectivity index (χ2v) is 11.4. The number of benzene rings is 1. The van der Waals surface area contributed by atoms with E-state index in [2.05, 4.69) is 4.98 Å². The average molecular weight is 551 g/mol. The molecule has 1 aliphatic carbocycles. The molecule has 0 radical (unpaired) electrons. The monoisotopic (exact) mass is 550 g/mol. The van der Waals surface area contributed by atoms with Crippen LogP contribution in [0.4, 0.5) is 19.0 Å². The van der Waals surface area contributed by atoms with Gasteiger partial charge in [-0.25, -0.2) is 13.4 Å². The number of alkyl halides is 3. The van der Waals surface area contributed by atoms with Crippen LogP contribution in [0.2, 0.25) is 0 Å². The molecule has 204 valence electrons. The molecule has 1 unspecified atom stereocenters. The third-order valence-corrected chi connectivity index (χ3v) is 8.85. The summed E-state index contributed by atoms with van der Waals surface area (Å²) in [6.45, 7) is -1.33. The third kappa shape index (κ3) is 6.24. The van der Waals surface area contributed by atoms with Gasteiger partial charge < -0.3 is 5.32 Å². The van der Waals surface area contributed by atoms with Crippen molar-refractivity contribution in [3.05, 3.63) is 65.9 Å². The number of nitrogens with zero attached hydrogens (tertiary/aromatic N) is 3. The number of hydrogen-bond acceptors (Lipinski definition) is 5. The second-order valence-electron chi connectivity index (χ2n) is 9.45. The molecule has 8 nitrogen and oxygen atoms in total. The zero-order chi connectivity index (χ0) is 27.5. The summed E-state index contributed by atoms with van der Waals surface area (Å²) in [6, 6.07) is 11.4. The molecule has 1 N–H and O–H groups in total. The molecule has 2 aromatic rings. The van der Waals surface area contributed by atoms with Crippen LogP contribution < -0.4 is 10.2 Å². The Bertz CT molecular complexity index is 1290. The zero-order valence-electron chi connectivity index (χ0n) is 20.8. The number of anilines is 1. The summed E-state index contributed by atoms with van der Waals surface area (Å²) >= 11 is 0. The molecule has 1 aliphatic heterocycles. The van der Waals surface area contributed by atoms with E-state index in [0.29, 0.717) is 5.56 Å². The fourth-order valence-corrected chi connectivity index (χ4v) is 6.23. The first kappa shape index (κ1) is 27.8. The number of pyridine rings is 1. The lowest BCUT2D eigenvalue weighted by Gasteiger charge is -2.24. The van der Waals surface area contributed by atoms with Crippen molar-refractivity contribution < 1.29 is 31.2 Å². The molecule has 0 bridgehead atoms. The highest BCUT2D eigenvalue weighted by atomic mass is 32.2. The molecule has 2 aliphatic rings. The van der Waals surface area contributed by atoms with Gasteiger partial charge in [-0.1, -0.05) is 49.2 Å². The van der Waals surface area contributed by atoms with E-state index in [1.165, 1.54) is 27.5 Å². The maximum Gasteiger partial charge on any atom is 0.405 e. The van der Waals surface area contributed by atoms with E-state index in [1.807, 2.05) is 5.32 Å². The Morgan fingerprint density at radius 2 is 1.84 bits per heavy atom. The highest BCUT2D eigenvalue weighted by Gasteiger charge is 2.35. The van der Waals surface area contributed by atoms with Crippen LogP contribution in [0.1, 0.15) is 43.6 Å². The number of nitrogens with one attached hydrogen (secondary N) is 1. The maximum atomic E-state index is 13.4. The Hall–Kier alpha value is -3.25. The minimum Gasteiger partial charge on any atom is -0.347 e. The summed E-state index contributed by atoms with van der Waals surface area (Å²) < 4.78 is 65.1. The Morgan fingerprint density at radius 1 is 1.16 bits per heavy atom. The zero-order valence-corrected chi connectivity index (χ0v) is 21.6. The molecule has 38 heavy (non-hydrogen) atoms. The van der Waals surface area contributed by atoms with Gasteiger partial charge in [0.25, 0.3) is 5.91 Å². The minimum atomic E-state index is -4.55. The van der Waals surface area contributed by atoms with Gasteiger partial charge in [-0.3, -0.25) is 14.5 Å². The molecular formula is C26H29F3N4O4S. The minimum absolute atomic E-state index is 0.0268. The summed E-state index contributed by atoms with van der Waals surface area (Å²) in [4.78, 5) is 31.3. The molecule has 1 aromatic heterocycles. The molecule has 2 amide bonds. The molecule has 1 saturated carbocycles. The van der Waals surface area contributed by atoms with Crippen LogP contribution in [0, 0.1) is 0 Å². The highest BCUT2D eigenvalue weighted by molar-refractivity contribution is 7.89. The molecule has 1 atom stereocenters. The van der Waals surface area contributed by atoms with Gasteiger partial charge in [-0.2, -0.15) is 17.5 Å². The Balaban J connectivity index is 1.50. The van der Waals surface area contributed by atoms with Crippen molar-refractivity contribution in [3.63, 3.8) is 0 Å². The van der Waals surface area contributed by atoms with Crippen LogP contribution in [-0.4, -0.2) is 61.9 Å². The van der Waals surface area contributed by atoms with Crippen molar-refractivity contribution in [2.24, 2.45) is 0 Å². The van der Waals surface area contributed by atoms with Gasteiger partial charge >= 0.3 is 6.18 Å². The summed E-state index contributed by atoms with van der Waals surface area (Å²) in [5.41, 5.74) is 0.873. The number of hydrogen-bond donors (Lipinski definition) is 1. The van der Waals surface area contributed by atoms with Gasteiger partial charge in [0.2, 0.25) is 15.9 Å². The van der Waals surface area contributed by atoms with Crippen LogP contribution in [0.15, 0.2) is 65.2 Å². The van der Waals surface area contributed by atoms with Crippen LogP contribution >= 0.6 is 0 Å². The summed E-state index contributed by atoms with van der Waals surface area (Å²) in [7, 11) is -2.17. The first-order valence-corrected chi connectivity index (χ1v) is 13.8. The second kappa shape index (κ2) is 11.2. The summed E-state index contributed by atoms with van der Waals surface area (Å²) in [5.74, 6) is -1.81. The molecule has 4 rings (SSSR count). The molecule has 2 heterocycles. The molecule has 0 spiro atoms. The number of rotatable bonds is 9. The smallest absolute Gasteiger partial charge is 0.347 e. The average Bonchev–Trinajstić information content (AvgIpc) is 3.56. The maximum absolute atomic E-state index is 13.4. The van der Waals surface area contributed by atoms with Gasteiger partial charge in [-0.05, 0) is 30.5 Å². The first-order chi connectivity index (χ1) is 18.0. The topological polar surface area (TPSA) is 99.7 Å². The Kier molecular flexibility index (Phi) is 8.22. The van der Waals surface area contributed by atoms with Gasteiger partial charge in [0, 0.05) is 43.7 Å². The quantitative estimate of drug-likeness (QED) is 0.513. The molecule has 1 fully saturated rings. The Morgan fingerprint density at radius 3 is 2.45 bits per heavy atom. The molecular weight excluding hydrogens is 521 g/mol. The molecule has 1 aromatic carbocycles. The van der Waals surface area contributed by atoms with Crippen LogP contribution in [0.5, 0.6) is 0 Å². The van der Waals surface area contributed by atoms with Crippen molar-refractivity contribution >= 4 is 27.7 Å². The lowest BCUT2D eigenvalue weighted by Crippen LogP contribution is -2.35. The highest BCUT2D eigenvalue weighted by Crippen LogP contribution is 2.34.